The molecule has 1 saturated heterocycles. The molecule has 0 aliphatic carbocycles. The maximum atomic E-state index is 6.20. The summed E-state index contributed by atoms with van der Waals surface area (Å²) in [6.07, 6.45) is 2.51. The molecule has 0 saturated carbocycles. The molecule has 2 rings (SSSR count). The second-order valence-corrected chi connectivity index (χ2v) is 6.17. The molecule has 1 heterocycles. The molecule has 1 N–H and O–H groups in total. The third kappa shape index (κ3) is 4.01. The molecule has 106 valence electrons. The highest BCUT2D eigenvalue weighted by Gasteiger charge is 2.23. The normalized spacial score (nSPS) is 19.4. The van der Waals surface area contributed by atoms with Crippen LogP contribution in [-0.4, -0.2) is 30.6 Å². The molecule has 19 heavy (non-hydrogen) atoms. The van der Waals surface area contributed by atoms with Gasteiger partial charge in [-0.25, -0.2) is 0 Å². The Hall–Kier alpha value is -0.440. The van der Waals surface area contributed by atoms with Gasteiger partial charge < -0.3 is 10.2 Å². The summed E-state index contributed by atoms with van der Waals surface area (Å²) in [5, 5.41) is 4.91. The number of likely N-dealkylation sites (tertiary alicyclic amines) is 1. The Morgan fingerprint density at radius 1 is 1.32 bits per heavy atom. The van der Waals surface area contributed by atoms with E-state index in [0.29, 0.717) is 16.1 Å². The van der Waals surface area contributed by atoms with Crippen molar-refractivity contribution in [3.8, 4) is 0 Å². The molecule has 1 fully saturated rings. The first-order valence-electron chi connectivity index (χ1n) is 7.04. The van der Waals surface area contributed by atoms with Crippen molar-refractivity contribution in [2.75, 3.05) is 25.0 Å². The van der Waals surface area contributed by atoms with Gasteiger partial charge in [-0.3, -0.25) is 0 Å². The molecular weight excluding hydrogens is 279 g/mol. The van der Waals surface area contributed by atoms with E-state index >= 15 is 0 Å². The molecule has 1 aliphatic rings. The van der Waals surface area contributed by atoms with Gasteiger partial charge in [-0.05, 0) is 63.5 Å². The van der Waals surface area contributed by atoms with E-state index in [1.807, 2.05) is 12.1 Å². The molecule has 4 heteroatoms. The van der Waals surface area contributed by atoms with Crippen LogP contribution >= 0.6 is 23.2 Å². The van der Waals surface area contributed by atoms with Crippen LogP contribution in [0.25, 0.3) is 0 Å². The van der Waals surface area contributed by atoms with Crippen LogP contribution in [0.3, 0.4) is 0 Å². The van der Waals surface area contributed by atoms with E-state index in [0.717, 1.165) is 18.2 Å². The highest BCUT2D eigenvalue weighted by molar-refractivity contribution is 6.36. The first-order chi connectivity index (χ1) is 9.10. The molecule has 0 bridgehead atoms. The van der Waals surface area contributed by atoms with E-state index in [1.165, 1.54) is 25.9 Å². The lowest BCUT2D eigenvalue weighted by Crippen LogP contribution is -2.39. The SMILES string of the molecule is CCN1CCC(C(C)Nc2ccc(Cl)cc2Cl)CC1. The van der Waals surface area contributed by atoms with Crippen LogP contribution in [0.4, 0.5) is 5.69 Å². The van der Waals surface area contributed by atoms with Gasteiger partial charge in [-0.2, -0.15) is 0 Å². The van der Waals surface area contributed by atoms with E-state index in [1.54, 1.807) is 6.07 Å². The van der Waals surface area contributed by atoms with Crippen molar-refractivity contribution in [2.24, 2.45) is 5.92 Å². The number of nitrogens with zero attached hydrogens (tertiary/aromatic N) is 1. The minimum absolute atomic E-state index is 0.442. The van der Waals surface area contributed by atoms with Gasteiger partial charge in [0.05, 0.1) is 10.7 Å². The number of nitrogens with one attached hydrogen (secondary N) is 1. The van der Waals surface area contributed by atoms with Crippen molar-refractivity contribution < 1.29 is 0 Å². The van der Waals surface area contributed by atoms with Crippen molar-refractivity contribution >= 4 is 28.9 Å². The average molecular weight is 301 g/mol. The lowest BCUT2D eigenvalue weighted by atomic mass is 9.90. The van der Waals surface area contributed by atoms with Crippen LogP contribution < -0.4 is 5.32 Å². The highest BCUT2D eigenvalue weighted by Crippen LogP contribution is 2.29. The van der Waals surface area contributed by atoms with Gasteiger partial charge in [0.15, 0.2) is 0 Å². The van der Waals surface area contributed by atoms with Crippen LogP contribution in [0.1, 0.15) is 26.7 Å². The first-order valence-corrected chi connectivity index (χ1v) is 7.79. The molecule has 0 radical (unpaired) electrons. The van der Waals surface area contributed by atoms with Crippen molar-refractivity contribution in [1.29, 1.82) is 0 Å². The quantitative estimate of drug-likeness (QED) is 0.879. The Balaban J connectivity index is 1.92. The van der Waals surface area contributed by atoms with E-state index in [2.05, 4.69) is 24.1 Å². The summed E-state index contributed by atoms with van der Waals surface area (Å²) in [6, 6.07) is 6.07. The van der Waals surface area contributed by atoms with Gasteiger partial charge in [-0.1, -0.05) is 30.1 Å². The molecule has 1 unspecified atom stereocenters. The van der Waals surface area contributed by atoms with Crippen molar-refractivity contribution in [3.05, 3.63) is 28.2 Å². The second kappa shape index (κ2) is 6.83. The molecule has 1 aliphatic heterocycles. The lowest BCUT2D eigenvalue weighted by Gasteiger charge is -2.35. The standard InChI is InChI=1S/C15H22Cl2N2/c1-3-19-8-6-12(7-9-19)11(2)18-15-5-4-13(16)10-14(15)17/h4-5,10-12,18H,3,6-9H2,1-2H3. The zero-order chi connectivity index (χ0) is 13.8. The zero-order valence-electron chi connectivity index (χ0n) is 11.6. The smallest absolute Gasteiger partial charge is 0.0652 e. The number of benzene rings is 1. The number of anilines is 1. The zero-order valence-corrected chi connectivity index (χ0v) is 13.1. The largest absolute Gasteiger partial charge is 0.381 e. The monoisotopic (exact) mass is 300 g/mol. The summed E-state index contributed by atoms with van der Waals surface area (Å²) in [7, 11) is 0. The molecule has 1 aromatic carbocycles. The van der Waals surface area contributed by atoms with Crippen LogP contribution in [0.2, 0.25) is 10.0 Å². The maximum absolute atomic E-state index is 6.20. The Kier molecular flexibility index (Phi) is 5.37. The van der Waals surface area contributed by atoms with Gasteiger partial charge in [0, 0.05) is 11.1 Å². The lowest BCUT2D eigenvalue weighted by molar-refractivity contribution is 0.183. The van der Waals surface area contributed by atoms with Gasteiger partial charge in [0.25, 0.3) is 0 Å². The third-order valence-corrected chi connectivity index (χ3v) is 4.65. The first kappa shape index (κ1) is 15.0. The van der Waals surface area contributed by atoms with E-state index in [-0.39, 0.29) is 0 Å². The predicted molar refractivity (Wildman–Crippen MR) is 84.4 cm³/mol. The van der Waals surface area contributed by atoms with Gasteiger partial charge >= 0.3 is 0 Å². The molecule has 1 atom stereocenters. The Labute approximate surface area is 126 Å². The molecule has 1 aromatic rings. The maximum Gasteiger partial charge on any atom is 0.0652 e. The van der Waals surface area contributed by atoms with Crippen LogP contribution in [0, 0.1) is 5.92 Å². The summed E-state index contributed by atoms with van der Waals surface area (Å²) in [6.45, 7) is 8.06. The molecular formula is C15H22Cl2N2. The summed E-state index contributed by atoms with van der Waals surface area (Å²) in [5.74, 6) is 0.717. The fourth-order valence-corrected chi connectivity index (χ4v) is 3.20. The van der Waals surface area contributed by atoms with Crippen molar-refractivity contribution in [3.63, 3.8) is 0 Å². The fraction of sp³-hybridized carbons (Fsp3) is 0.600. The number of rotatable bonds is 4. The van der Waals surface area contributed by atoms with Crippen molar-refractivity contribution in [2.45, 2.75) is 32.7 Å². The molecule has 2 nitrogen and oxygen atoms in total. The van der Waals surface area contributed by atoms with Crippen LogP contribution in [0.5, 0.6) is 0 Å². The minimum atomic E-state index is 0.442. The Morgan fingerprint density at radius 2 is 2.00 bits per heavy atom. The minimum Gasteiger partial charge on any atom is -0.381 e. The second-order valence-electron chi connectivity index (χ2n) is 5.33. The van der Waals surface area contributed by atoms with Gasteiger partial charge in [0.2, 0.25) is 0 Å². The third-order valence-electron chi connectivity index (χ3n) is 4.10. The predicted octanol–water partition coefficient (Wildman–Crippen LogP) is 4.53. The summed E-state index contributed by atoms with van der Waals surface area (Å²) >= 11 is 12.1. The fourth-order valence-electron chi connectivity index (χ4n) is 2.74. The Bertz CT molecular complexity index is 415. The molecule has 0 amide bonds. The number of halogens is 2. The van der Waals surface area contributed by atoms with Gasteiger partial charge in [0.1, 0.15) is 0 Å². The summed E-state index contributed by atoms with van der Waals surface area (Å²) in [4.78, 5) is 2.51. The topological polar surface area (TPSA) is 15.3 Å². The van der Waals surface area contributed by atoms with E-state index in [9.17, 15) is 0 Å². The highest BCUT2D eigenvalue weighted by atomic mass is 35.5. The van der Waals surface area contributed by atoms with E-state index < -0.39 is 0 Å². The summed E-state index contributed by atoms with van der Waals surface area (Å²) < 4.78 is 0. The van der Waals surface area contributed by atoms with Crippen LogP contribution in [-0.2, 0) is 0 Å². The van der Waals surface area contributed by atoms with Crippen molar-refractivity contribution in [1.82, 2.24) is 4.90 Å². The van der Waals surface area contributed by atoms with E-state index in [4.69, 9.17) is 23.2 Å². The van der Waals surface area contributed by atoms with Crippen LogP contribution in [0.15, 0.2) is 18.2 Å². The average Bonchev–Trinajstić information content (AvgIpc) is 2.42. The molecule has 0 aromatic heterocycles. The number of hydrogen-bond acceptors (Lipinski definition) is 2. The van der Waals surface area contributed by atoms with Gasteiger partial charge in [-0.15, -0.1) is 0 Å². The summed E-state index contributed by atoms with van der Waals surface area (Å²) in [5.41, 5.74) is 0.983. The molecule has 0 spiro atoms. The number of hydrogen-bond donors (Lipinski definition) is 1. The number of piperidine rings is 1. The Morgan fingerprint density at radius 3 is 2.58 bits per heavy atom.